The van der Waals surface area contributed by atoms with Gasteiger partial charge in [-0.25, -0.2) is 4.39 Å². The molecule has 0 fully saturated rings. The molecule has 1 aromatic heterocycles. The molecule has 0 aliphatic rings. The highest BCUT2D eigenvalue weighted by Crippen LogP contribution is 2.25. The number of rotatable bonds is 4. The predicted molar refractivity (Wildman–Crippen MR) is 65.9 cm³/mol. The quantitative estimate of drug-likeness (QED) is 0.903. The first-order chi connectivity index (χ1) is 8.72. The zero-order valence-corrected chi connectivity index (χ0v) is 10.0. The second-order valence-corrected chi connectivity index (χ2v) is 3.80. The fourth-order valence-corrected chi connectivity index (χ4v) is 1.70. The molecule has 94 valence electrons. The first-order valence-corrected chi connectivity index (χ1v) is 5.72. The minimum Gasteiger partial charge on any atom is -0.494 e. The summed E-state index contributed by atoms with van der Waals surface area (Å²) in [6.07, 6.45) is 1.55. The molecule has 2 aromatic rings. The summed E-state index contributed by atoms with van der Waals surface area (Å²) in [4.78, 5) is 3.65. The Bertz CT molecular complexity index is 513. The lowest BCUT2D eigenvalue weighted by molar-refractivity contribution is 0.214. The molecule has 0 radical (unpaired) electrons. The second-order valence-electron chi connectivity index (χ2n) is 3.80. The lowest BCUT2D eigenvalue weighted by atomic mass is 10.0. The molecular weight excluding hydrogens is 233 g/mol. The maximum atomic E-state index is 13.5. The first kappa shape index (κ1) is 12.5. The van der Waals surface area contributed by atoms with Crippen molar-refractivity contribution >= 4 is 0 Å². The standard InChI is InChI=1S/C14H14FNO2/c1-2-18-11-5-3-10(4-6-11)14(17)12-7-8-16-9-13(12)15/h3-9,14,17H,2H2,1H3. The number of pyridine rings is 1. The molecule has 0 saturated carbocycles. The highest BCUT2D eigenvalue weighted by atomic mass is 19.1. The van der Waals surface area contributed by atoms with E-state index < -0.39 is 11.9 Å². The van der Waals surface area contributed by atoms with E-state index >= 15 is 0 Å². The highest BCUT2D eigenvalue weighted by molar-refractivity contribution is 5.33. The predicted octanol–water partition coefficient (Wildman–Crippen LogP) is 2.70. The number of hydrogen-bond donors (Lipinski definition) is 1. The third-order valence-corrected chi connectivity index (χ3v) is 2.61. The number of hydrogen-bond acceptors (Lipinski definition) is 3. The summed E-state index contributed by atoms with van der Waals surface area (Å²) in [5.41, 5.74) is 0.831. The van der Waals surface area contributed by atoms with E-state index in [9.17, 15) is 9.50 Å². The van der Waals surface area contributed by atoms with Gasteiger partial charge in [-0.3, -0.25) is 4.98 Å². The molecule has 0 spiro atoms. The van der Waals surface area contributed by atoms with Crippen LogP contribution in [0.4, 0.5) is 4.39 Å². The Balaban J connectivity index is 2.23. The van der Waals surface area contributed by atoms with Gasteiger partial charge < -0.3 is 9.84 Å². The largest absolute Gasteiger partial charge is 0.494 e. The molecule has 1 atom stereocenters. The van der Waals surface area contributed by atoms with Crippen LogP contribution in [-0.4, -0.2) is 16.7 Å². The van der Waals surface area contributed by atoms with E-state index in [0.717, 1.165) is 11.9 Å². The van der Waals surface area contributed by atoms with Crippen LogP contribution in [0.2, 0.25) is 0 Å². The van der Waals surface area contributed by atoms with Crippen molar-refractivity contribution in [1.82, 2.24) is 4.98 Å². The van der Waals surface area contributed by atoms with Gasteiger partial charge in [-0.2, -0.15) is 0 Å². The molecule has 1 unspecified atom stereocenters. The third-order valence-electron chi connectivity index (χ3n) is 2.61. The van der Waals surface area contributed by atoms with Gasteiger partial charge in [0.1, 0.15) is 17.7 Å². The van der Waals surface area contributed by atoms with E-state index in [2.05, 4.69) is 4.98 Å². The average molecular weight is 247 g/mol. The van der Waals surface area contributed by atoms with Crippen molar-refractivity contribution in [2.45, 2.75) is 13.0 Å². The number of aliphatic hydroxyl groups excluding tert-OH is 1. The van der Waals surface area contributed by atoms with Crippen molar-refractivity contribution in [3.05, 3.63) is 59.7 Å². The Morgan fingerprint density at radius 3 is 2.61 bits per heavy atom. The van der Waals surface area contributed by atoms with E-state index in [0.29, 0.717) is 12.2 Å². The van der Waals surface area contributed by atoms with Crippen molar-refractivity contribution in [2.24, 2.45) is 0 Å². The van der Waals surface area contributed by atoms with Gasteiger partial charge in [0.05, 0.1) is 12.8 Å². The molecule has 1 N–H and O–H groups in total. The van der Waals surface area contributed by atoms with Crippen LogP contribution in [0.15, 0.2) is 42.7 Å². The number of benzene rings is 1. The van der Waals surface area contributed by atoms with Gasteiger partial charge in [-0.1, -0.05) is 12.1 Å². The number of ether oxygens (including phenoxy) is 1. The van der Waals surface area contributed by atoms with Gasteiger partial charge in [-0.15, -0.1) is 0 Å². The summed E-state index contributed by atoms with van der Waals surface area (Å²) in [6, 6.07) is 8.41. The number of nitrogens with zero attached hydrogens (tertiary/aromatic N) is 1. The lowest BCUT2D eigenvalue weighted by Crippen LogP contribution is -2.03. The second kappa shape index (κ2) is 5.60. The van der Waals surface area contributed by atoms with Crippen LogP contribution in [0.1, 0.15) is 24.2 Å². The molecule has 0 aliphatic carbocycles. The zero-order chi connectivity index (χ0) is 13.0. The molecule has 4 heteroatoms. The van der Waals surface area contributed by atoms with Crippen molar-refractivity contribution in [1.29, 1.82) is 0 Å². The maximum Gasteiger partial charge on any atom is 0.147 e. The van der Waals surface area contributed by atoms with Crippen LogP contribution in [0.5, 0.6) is 5.75 Å². The van der Waals surface area contributed by atoms with E-state index in [4.69, 9.17) is 4.74 Å². The van der Waals surface area contributed by atoms with Crippen molar-refractivity contribution in [3.8, 4) is 5.75 Å². The summed E-state index contributed by atoms with van der Waals surface area (Å²) < 4.78 is 18.8. The minimum atomic E-state index is -0.997. The van der Waals surface area contributed by atoms with E-state index in [-0.39, 0.29) is 5.56 Å². The summed E-state index contributed by atoms with van der Waals surface area (Å²) in [7, 11) is 0. The smallest absolute Gasteiger partial charge is 0.147 e. The molecule has 2 rings (SSSR count). The highest BCUT2D eigenvalue weighted by Gasteiger charge is 2.14. The van der Waals surface area contributed by atoms with E-state index in [1.165, 1.54) is 12.3 Å². The Kier molecular flexibility index (Phi) is 3.89. The Labute approximate surface area is 105 Å². The van der Waals surface area contributed by atoms with Gasteiger partial charge in [-0.05, 0) is 30.7 Å². The van der Waals surface area contributed by atoms with Crippen LogP contribution in [0, 0.1) is 5.82 Å². The monoisotopic (exact) mass is 247 g/mol. The first-order valence-electron chi connectivity index (χ1n) is 5.72. The fraction of sp³-hybridized carbons (Fsp3) is 0.214. The average Bonchev–Trinajstić information content (AvgIpc) is 2.40. The van der Waals surface area contributed by atoms with Crippen molar-refractivity contribution < 1.29 is 14.2 Å². The van der Waals surface area contributed by atoms with Crippen molar-refractivity contribution in [2.75, 3.05) is 6.61 Å². The molecule has 1 aromatic carbocycles. The van der Waals surface area contributed by atoms with E-state index in [1.807, 2.05) is 6.92 Å². The molecule has 1 heterocycles. The lowest BCUT2D eigenvalue weighted by Gasteiger charge is -2.12. The summed E-state index contributed by atoms with van der Waals surface area (Å²) >= 11 is 0. The van der Waals surface area contributed by atoms with Crippen LogP contribution < -0.4 is 4.74 Å². The minimum absolute atomic E-state index is 0.217. The zero-order valence-electron chi connectivity index (χ0n) is 10.0. The van der Waals surface area contributed by atoms with Crippen LogP contribution in [0.3, 0.4) is 0 Å². The number of aliphatic hydroxyl groups is 1. The SMILES string of the molecule is CCOc1ccc(C(O)c2ccncc2F)cc1. The molecule has 0 aliphatic heterocycles. The Morgan fingerprint density at radius 1 is 1.28 bits per heavy atom. The van der Waals surface area contributed by atoms with Crippen LogP contribution in [0.25, 0.3) is 0 Å². The van der Waals surface area contributed by atoms with Crippen LogP contribution >= 0.6 is 0 Å². The van der Waals surface area contributed by atoms with Gasteiger partial charge in [0.15, 0.2) is 0 Å². The van der Waals surface area contributed by atoms with Crippen molar-refractivity contribution in [3.63, 3.8) is 0 Å². The molecule has 0 saturated heterocycles. The maximum absolute atomic E-state index is 13.5. The van der Waals surface area contributed by atoms with Gasteiger partial charge in [0.25, 0.3) is 0 Å². The molecule has 0 bridgehead atoms. The summed E-state index contributed by atoms with van der Waals surface area (Å²) in [5, 5.41) is 10.1. The number of aromatic nitrogens is 1. The molecule has 3 nitrogen and oxygen atoms in total. The Morgan fingerprint density at radius 2 is 2.00 bits per heavy atom. The van der Waals surface area contributed by atoms with Gasteiger partial charge >= 0.3 is 0 Å². The summed E-state index contributed by atoms with van der Waals surface area (Å²) in [5.74, 6) is 0.211. The third kappa shape index (κ3) is 2.65. The van der Waals surface area contributed by atoms with E-state index in [1.54, 1.807) is 24.3 Å². The van der Waals surface area contributed by atoms with Gasteiger partial charge in [0, 0.05) is 11.8 Å². The molecule has 18 heavy (non-hydrogen) atoms. The molecular formula is C14H14FNO2. The summed E-state index contributed by atoms with van der Waals surface area (Å²) in [6.45, 7) is 2.48. The topological polar surface area (TPSA) is 42.4 Å². The Hall–Kier alpha value is -1.94. The fourth-order valence-electron chi connectivity index (χ4n) is 1.70. The molecule has 0 amide bonds. The van der Waals surface area contributed by atoms with Crippen LogP contribution in [-0.2, 0) is 0 Å². The van der Waals surface area contributed by atoms with Gasteiger partial charge in [0.2, 0.25) is 0 Å². The number of halogens is 1. The normalized spacial score (nSPS) is 12.2.